The van der Waals surface area contributed by atoms with Gasteiger partial charge in [-0.05, 0) is 19.1 Å². The molecule has 0 aromatic heterocycles. The first-order valence-electron chi connectivity index (χ1n) is 3.60. The van der Waals surface area contributed by atoms with Crippen LogP contribution in [-0.2, 0) is 0 Å². The third kappa shape index (κ3) is 2.20. The third-order valence-corrected chi connectivity index (χ3v) is 2.54. The molecule has 1 aromatic carbocycles. The lowest BCUT2D eigenvalue weighted by molar-refractivity contribution is 0.605. The minimum absolute atomic E-state index is 0.318. The predicted octanol–water partition coefficient (Wildman–Crippen LogP) is 3.87. The Morgan fingerprint density at radius 2 is 2.23 bits per heavy atom. The Morgan fingerprint density at radius 1 is 1.62 bits per heavy atom. The van der Waals surface area contributed by atoms with E-state index in [2.05, 4.69) is 15.9 Å². The highest BCUT2D eigenvalue weighted by molar-refractivity contribution is 9.10. The molecule has 0 aliphatic carbocycles. The highest BCUT2D eigenvalue weighted by Crippen LogP contribution is 2.30. The molecule has 68 valence electrons. The van der Waals surface area contributed by atoms with Crippen molar-refractivity contribution in [1.82, 2.24) is 0 Å². The number of halogens is 3. The van der Waals surface area contributed by atoms with Crippen molar-refractivity contribution in [2.24, 2.45) is 0 Å². The molecule has 1 unspecified atom stereocenters. The van der Waals surface area contributed by atoms with Crippen LogP contribution < -0.4 is 0 Å². The van der Waals surface area contributed by atoms with Crippen molar-refractivity contribution in [2.75, 3.05) is 0 Å². The lowest BCUT2D eigenvalue weighted by atomic mass is 10.0. The maximum absolute atomic E-state index is 13.3. The zero-order valence-electron chi connectivity index (χ0n) is 6.81. The molecular weight excluding hydrogens is 256 g/mol. The van der Waals surface area contributed by atoms with Crippen LogP contribution in [-0.4, -0.2) is 0 Å². The Labute approximate surface area is 89.3 Å². The molecule has 4 heteroatoms. The van der Waals surface area contributed by atoms with Gasteiger partial charge in [-0.1, -0.05) is 27.5 Å². The first-order chi connectivity index (χ1) is 6.06. The van der Waals surface area contributed by atoms with E-state index in [0.29, 0.717) is 15.1 Å². The SMILES string of the molecule is CC(C#N)c1c(F)cc(Cl)cc1Br. The highest BCUT2D eigenvalue weighted by Gasteiger charge is 2.14. The summed E-state index contributed by atoms with van der Waals surface area (Å²) < 4.78 is 13.8. The molecule has 0 saturated heterocycles. The molecule has 0 spiro atoms. The number of benzene rings is 1. The van der Waals surface area contributed by atoms with Crippen LogP contribution in [0, 0.1) is 17.1 Å². The maximum Gasteiger partial charge on any atom is 0.130 e. The second kappa shape index (κ2) is 4.08. The predicted molar refractivity (Wildman–Crippen MR) is 53.1 cm³/mol. The summed E-state index contributed by atoms with van der Waals surface area (Å²) in [5.41, 5.74) is 0.354. The van der Waals surface area contributed by atoms with Gasteiger partial charge in [0, 0.05) is 15.1 Å². The molecule has 0 bridgehead atoms. The lowest BCUT2D eigenvalue weighted by Crippen LogP contribution is -1.96. The Bertz CT molecular complexity index is 349. The fraction of sp³-hybridized carbons (Fsp3) is 0.222. The normalized spacial score (nSPS) is 12.2. The van der Waals surface area contributed by atoms with Crippen LogP contribution in [0.1, 0.15) is 18.4 Å². The first-order valence-corrected chi connectivity index (χ1v) is 4.77. The van der Waals surface area contributed by atoms with Crippen molar-refractivity contribution >= 4 is 27.5 Å². The van der Waals surface area contributed by atoms with Gasteiger partial charge in [0.15, 0.2) is 0 Å². The molecule has 0 heterocycles. The number of hydrogen-bond donors (Lipinski definition) is 0. The summed E-state index contributed by atoms with van der Waals surface area (Å²) in [5.74, 6) is -0.930. The van der Waals surface area contributed by atoms with Crippen LogP contribution in [0.5, 0.6) is 0 Å². The van der Waals surface area contributed by atoms with Gasteiger partial charge in [0.1, 0.15) is 5.82 Å². The van der Waals surface area contributed by atoms with E-state index in [1.165, 1.54) is 6.07 Å². The zero-order valence-corrected chi connectivity index (χ0v) is 9.16. The fourth-order valence-corrected chi connectivity index (χ4v) is 2.15. The number of nitrogens with zero attached hydrogens (tertiary/aromatic N) is 1. The van der Waals surface area contributed by atoms with Gasteiger partial charge < -0.3 is 0 Å². The highest BCUT2D eigenvalue weighted by atomic mass is 79.9. The van der Waals surface area contributed by atoms with Crippen LogP contribution in [0.2, 0.25) is 5.02 Å². The Hall–Kier alpha value is -0.590. The van der Waals surface area contributed by atoms with Gasteiger partial charge in [-0.3, -0.25) is 0 Å². The van der Waals surface area contributed by atoms with Crippen LogP contribution in [0.15, 0.2) is 16.6 Å². The van der Waals surface area contributed by atoms with Crippen molar-refractivity contribution in [3.63, 3.8) is 0 Å². The zero-order chi connectivity index (χ0) is 10.0. The van der Waals surface area contributed by atoms with Gasteiger partial charge in [-0.2, -0.15) is 5.26 Å². The van der Waals surface area contributed by atoms with Gasteiger partial charge in [0.25, 0.3) is 0 Å². The van der Waals surface area contributed by atoms with Gasteiger partial charge in [-0.25, -0.2) is 4.39 Å². The molecule has 1 nitrogen and oxygen atoms in total. The largest absolute Gasteiger partial charge is 0.207 e. The molecule has 0 amide bonds. The van der Waals surface area contributed by atoms with E-state index < -0.39 is 11.7 Å². The summed E-state index contributed by atoms with van der Waals surface area (Å²) >= 11 is 8.78. The van der Waals surface area contributed by atoms with Gasteiger partial charge in [0.05, 0.1) is 12.0 Å². The molecule has 0 radical (unpaired) electrons. The van der Waals surface area contributed by atoms with Crippen LogP contribution in [0.4, 0.5) is 4.39 Å². The molecule has 0 aliphatic heterocycles. The van der Waals surface area contributed by atoms with Crippen LogP contribution in [0.3, 0.4) is 0 Å². The van der Waals surface area contributed by atoms with Crippen LogP contribution in [0.25, 0.3) is 0 Å². The maximum atomic E-state index is 13.3. The smallest absolute Gasteiger partial charge is 0.130 e. The Kier molecular flexibility index (Phi) is 3.29. The van der Waals surface area contributed by atoms with E-state index in [0.717, 1.165) is 0 Å². The molecule has 1 atom stereocenters. The van der Waals surface area contributed by atoms with Gasteiger partial charge in [0.2, 0.25) is 0 Å². The van der Waals surface area contributed by atoms with Crippen molar-refractivity contribution in [1.29, 1.82) is 5.26 Å². The van der Waals surface area contributed by atoms with E-state index in [9.17, 15) is 4.39 Å². The molecule has 1 rings (SSSR count). The molecule has 13 heavy (non-hydrogen) atoms. The minimum Gasteiger partial charge on any atom is -0.207 e. The number of nitriles is 1. The third-order valence-electron chi connectivity index (χ3n) is 1.67. The Balaban J connectivity index is 3.30. The standard InChI is InChI=1S/C9H6BrClFN/c1-5(4-13)9-7(10)2-6(11)3-8(9)12/h2-3,5H,1H3. The summed E-state index contributed by atoms with van der Waals surface area (Å²) in [6, 6.07) is 4.75. The summed E-state index contributed by atoms with van der Waals surface area (Å²) in [5, 5.41) is 8.95. The number of rotatable bonds is 1. The monoisotopic (exact) mass is 261 g/mol. The molecule has 0 fully saturated rings. The van der Waals surface area contributed by atoms with Crippen molar-refractivity contribution in [3.05, 3.63) is 33.0 Å². The molecule has 0 saturated carbocycles. The summed E-state index contributed by atoms with van der Waals surface area (Å²) in [4.78, 5) is 0. The minimum atomic E-state index is -0.480. The molecular formula is C9H6BrClFN. The summed E-state index contributed by atoms with van der Waals surface area (Å²) in [6.45, 7) is 1.64. The van der Waals surface area contributed by atoms with E-state index in [1.807, 2.05) is 6.07 Å². The van der Waals surface area contributed by atoms with E-state index in [4.69, 9.17) is 16.9 Å². The first kappa shape index (κ1) is 10.5. The van der Waals surface area contributed by atoms with E-state index in [-0.39, 0.29) is 0 Å². The molecule has 0 aliphatic rings. The fourth-order valence-electron chi connectivity index (χ4n) is 1.03. The average Bonchev–Trinajstić information content (AvgIpc) is 2.02. The molecule has 1 aromatic rings. The number of hydrogen-bond acceptors (Lipinski definition) is 1. The summed E-state index contributed by atoms with van der Waals surface area (Å²) in [7, 11) is 0. The summed E-state index contributed by atoms with van der Waals surface area (Å²) in [6.07, 6.45) is 0. The van der Waals surface area contributed by atoms with Crippen molar-refractivity contribution in [3.8, 4) is 6.07 Å². The van der Waals surface area contributed by atoms with Gasteiger partial charge >= 0.3 is 0 Å². The topological polar surface area (TPSA) is 23.8 Å². The second-order valence-electron chi connectivity index (χ2n) is 2.63. The lowest BCUT2D eigenvalue weighted by Gasteiger charge is -2.07. The van der Waals surface area contributed by atoms with Crippen molar-refractivity contribution < 1.29 is 4.39 Å². The van der Waals surface area contributed by atoms with Gasteiger partial charge in [-0.15, -0.1) is 0 Å². The quantitative estimate of drug-likeness (QED) is 0.754. The van der Waals surface area contributed by atoms with Crippen LogP contribution >= 0.6 is 27.5 Å². The van der Waals surface area contributed by atoms with E-state index >= 15 is 0 Å². The van der Waals surface area contributed by atoms with E-state index in [1.54, 1.807) is 13.0 Å². The average molecular weight is 263 g/mol. The van der Waals surface area contributed by atoms with Crippen molar-refractivity contribution in [2.45, 2.75) is 12.8 Å². The second-order valence-corrected chi connectivity index (χ2v) is 3.92. The Morgan fingerprint density at radius 3 is 2.69 bits per heavy atom. The molecule has 0 N–H and O–H groups in total.